The molecule has 2 aromatic heterocycles. The Morgan fingerprint density at radius 1 is 1.00 bits per heavy atom. The van der Waals surface area contributed by atoms with Gasteiger partial charge in [0.2, 0.25) is 0 Å². The highest BCUT2D eigenvalue weighted by molar-refractivity contribution is 6.31. The third kappa shape index (κ3) is 5.67. The maximum Gasteiger partial charge on any atom is 0.303 e. The number of carbonyl (C=O) groups is 2. The Bertz CT molecular complexity index is 1420. The van der Waals surface area contributed by atoms with Gasteiger partial charge in [0.25, 0.3) is 5.91 Å². The molecule has 2 aromatic carbocycles. The lowest BCUT2D eigenvalue weighted by atomic mass is 9.77. The predicted octanol–water partition coefficient (Wildman–Crippen LogP) is 6.47. The number of carboxylic acids is 1. The molecule has 0 spiro atoms. The summed E-state index contributed by atoms with van der Waals surface area (Å²) in [6, 6.07) is 16.7. The standard InChI is InChI=1S/C29H27ClFN3O3/c30-24-2-1-3-25(31)23(24)15-32-29(37)26-17-34-16-22(12-13-27(34)33-26)21-10-8-20(9-11-21)19-6-4-18(5-7-19)14-28(35)36/h1-3,8-13,16-19H,4-7,14-15H2,(H,32,37)(H,35,36). The SMILES string of the molecule is O=C(O)CC1CCC(c2ccc(-c3ccc4nc(C(=O)NCc5c(F)cccc5Cl)cn4c3)cc2)CC1. The number of imidazole rings is 1. The number of benzene rings is 2. The van der Waals surface area contributed by atoms with Crippen LogP contribution in [0.1, 0.15) is 59.6 Å². The summed E-state index contributed by atoms with van der Waals surface area (Å²) in [5, 5.41) is 12.0. The van der Waals surface area contributed by atoms with Gasteiger partial charge in [-0.1, -0.05) is 41.9 Å². The highest BCUT2D eigenvalue weighted by Crippen LogP contribution is 2.37. The fourth-order valence-corrected chi connectivity index (χ4v) is 5.36. The smallest absolute Gasteiger partial charge is 0.303 e. The molecule has 0 bridgehead atoms. The van der Waals surface area contributed by atoms with E-state index in [4.69, 9.17) is 16.7 Å². The molecule has 0 saturated heterocycles. The Labute approximate surface area is 219 Å². The lowest BCUT2D eigenvalue weighted by molar-refractivity contribution is -0.138. The number of aromatic nitrogens is 2. The van der Waals surface area contributed by atoms with Crippen LogP contribution in [-0.2, 0) is 11.3 Å². The fraction of sp³-hybridized carbons (Fsp3) is 0.276. The molecular weight excluding hydrogens is 493 g/mol. The number of pyridine rings is 1. The molecule has 0 unspecified atom stereocenters. The van der Waals surface area contributed by atoms with Crippen LogP contribution in [-0.4, -0.2) is 26.4 Å². The van der Waals surface area contributed by atoms with E-state index < -0.39 is 17.7 Å². The Morgan fingerprint density at radius 2 is 1.73 bits per heavy atom. The van der Waals surface area contributed by atoms with Crippen molar-refractivity contribution in [2.75, 3.05) is 0 Å². The Morgan fingerprint density at radius 3 is 2.43 bits per heavy atom. The first-order valence-corrected chi connectivity index (χ1v) is 12.8. The minimum absolute atomic E-state index is 0.0307. The zero-order chi connectivity index (χ0) is 25.9. The van der Waals surface area contributed by atoms with Gasteiger partial charge in [-0.25, -0.2) is 9.37 Å². The van der Waals surface area contributed by atoms with E-state index in [1.807, 2.05) is 18.3 Å². The first kappa shape index (κ1) is 25.0. The molecule has 5 rings (SSSR count). The van der Waals surface area contributed by atoms with E-state index in [-0.39, 0.29) is 29.2 Å². The van der Waals surface area contributed by atoms with Gasteiger partial charge in [-0.05, 0) is 78.5 Å². The van der Waals surface area contributed by atoms with Gasteiger partial charge in [0, 0.05) is 35.9 Å². The number of halogens is 2. The van der Waals surface area contributed by atoms with E-state index in [0.717, 1.165) is 36.8 Å². The summed E-state index contributed by atoms with van der Waals surface area (Å²) in [4.78, 5) is 28.0. The van der Waals surface area contributed by atoms with E-state index in [0.29, 0.717) is 17.5 Å². The summed E-state index contributed by atoms with van der Waals surface area (Å²) < 4.78 is 15.8. The zero-order valence-electron chi connectivity index (χ0n) is 20.2. The van der Waals surface area contributed by atoms with Crippen LogP contribution in [0.5, 0.6) is 0 Å². The number of rotatable bonds is 7. The molecule has 1 fully saturated rings. The third-order valence-electron chi connectivity index (χ3n) is 7.20. The van der Waals surface area contributed by atoms with Gasteiger partial charge in [-0.15, -0.1) is 0 Å². The molecule has 4 aromatic rings. The minimum atomic E-state index is -0.706. The Balaban J connectivity index is 1.25. The average molecular weight is 520 g/mol. The van der Waals surface area contributed by atoms with Gasteiger partial charge in [0.1, 0.15) is 17.2 Å². The zero-order valence-corrected chi connectivity index (χ0v) is 20.9. The molecule has 1 aliphatic carbocycles. The largest absolute Gasteiger partial charge is 0.481 e. The van der Waals surface area contributed by atoms with Crippen LogP contribution in [0.4, 0.5) is 4.39 Å². The molecule has 0 atom stereocenters. The van der Waals surface area contributed by atoms with Crippen molar-refractivity contribution in [2.45, 2.75) is 44.6 Å². The Kier molecular flexibility index (Phi) is 7.24. The highest BCUT2D eigenvalue weighted by Gasteiger charge is 2.24. The van der Waals surface area contributed by atoms with Crippen LogP contribution >= 0.6 is 11.6 Å². The number of nitrogens with one attached hydrogen (secondary N) is 1. The van der Waals surface area contributed by atoms with Crippen molar-refractivity contribution in [2.24, 2.45) is 5.92 Å². The highest BCUT2D eigenvalue weighted by atomic mass is 35.5. The number of nitrogens with zero attached hydrogens (tertiary/aromatic N) is 2. The molecule has 8 heteroatoms. The molecule has 1 saturated carbocycles. The first-order chi connectivity index (χ1) is 17.9. The van der Waals surface area contributed by atoms with Gasteiger partial charge in [-0.2, -0.15) is 0 Å². The number of hydrogen-bond acceptors (Lipinski definition) is 3. The van der Waals surface area contributed by atoms with E-state index in [2.05, 4.69) is 34.6 Å². The molecule has 1 aliphatic rings. The predicted molar refractivity (Wildman–Crippen MR) is 140 cm³/mol. The van der Waals surface area contributed by atoms with Crippen LogP contribution < -0.4 is 5.32 Å². The van der Waals surface area contributed by atoms with Crippen molar-refractivity contribution in [3.05, 3.63) is 94.7 Å². The number of hydrogen-bond donors (Lipinski definition) is 2. The third-order valence-corrected chi connectivity index (χ3v) is 7.55. The van der Waals surface area contributed by atoms with Crippen molar-refractivity contribution >= 4 is 29.1 Å². The molecule has 2 N–H and O–H groups in total. The number of carboxylic acid groups (broad SMARTS) is 1. The maximum atomic E-state index is 14.0. The second-order valence-electron chi connectivity index (χ2n) is 9.63. The molecule has 190 valence electrons. The second kappa shape index (κ2) is 10.7. The number of carbonyl (C=O) groups excluding carboxylic acids is 1. The van der Waals surface area contributed by atoms with Crippen LogP contribution in [0.3, 0.4) is 0 Å². The quantitative estimate of drug-likeness (QED) is 0.293. The average Bonchev–Trinajstić information content (AvgIpc) is 3.32. The summed E-state index contributed by atoms with van der Waals surface area (Å²) in [6.07, 6.45) is 7.81. The molecular formula is C29H27ClFN3O3. The Hall–Kier alpha value is -3.71. The lowest BCUT2D eigenvalue weighted by Crippen LogP contribution is -2.23. The van der Waals surface area contributed by atoms with Gasteiger partial charge < -0.3 is 14.8 Å². The summed E-state index contributed by atoms with van der Waals surface area (Å²) in [5.41, 5.74) is 4.44. The van der Waals surface area contributed by atoms with Gasteiger partial charge in [-0.3, -0.25) is 9.59 Å². The summed E-state index contributed by atoms with van der Waals surface area (Å²) in [6.45, 7) is -0.0307. The minimum Gasteiger partial charge on any atom is -0.481 e. The monoisotopic (exact) mass is 519 g/mol. The van der Waals surface area contributed by atoms with Crippen molar-refractivity contribution < 1.29 is 19.1 Å². The second-order valence-corrected chi connectivity index (χ2v) is 10.0. The van der Waals surface area contributed by atoms with E-state index in [9.17, 15) is 14.0 Å². The van der Waals surface area contributed by atoms with Gasteiger partial charge in [0.15, 0.2) is 0 Å². The topological polar surface area (TPSA) is 83.7 Å². The summed E-state index contributed by atoms with van der Waals surface area (Å²) in [7, 11) is 0. The van der Waals surface area contributed by atoms with Gasteiger partial charge >= 0.3 is 5.97 Å². The van der Waals surface area contributed by atoms with Crippen molar-refractivity contribution in [1.29, 1.82) is 0 Å². The number of fused-ring (bicyclic) bond motifs is 1. The molecule has 37 heavy (non-hydrogen) atoms. The van der Waals surface area contributed by atoms with Crippen LogP contribution in [0.2, 0.25) is 5.02 Å². The van der Waals surface area contributed by atoms with Crippen LogP contribution in [0, 0.1) is 11.7 Å². The molecule has 0 radical (unpaired) electrons. The van der Waals surface area contributed by atoms with Crippen molar-refractivity contribution in [3.8, 4) is 11.1 Å². The molecule has 1 amide bonds. The fourth-order valence-electron chi connectivity index (χ4n) is 5.13. The normalized spacial score (nSPS) is 17.6. The van der Waals surface area contributed by atoms with Crippen LogP contribution in [0.25, 0.3) is 16.8 Å². The van der Waals surface area contributed by atoms with E-state index >= 15 is 0 Å². The first-order valence-electron chi connectivity index (χ1n) is 12.4. The van der Waals surface area contributed by atoms with E-state index in [1.54, 1.807) is 16.7 Å². The maximum absolute atomic E-state index is 14.0. The summed E-state index contributed by atoms with van der Waals surface area (Å²) in [5.74, 6) is -0.825. The van der Waals surface area contributed by atoms with Crippen LogP contribution in [0.15, 0.2) is 67.0 Å². The summed E-state index contributed by atoms with van der Waals surface area (Å²) >= 11 is 6.04. The van der Waals surface area contributed by atoms with Crippen molar-refractivity contribution in [3.63, 3.8) is 0 Å². The molecule has 2 heterocycles. The number of amides is 1. The molecule has 0 aliphatic heterocycles. The lowest BCUT2D eigenvalue weighted by Gasteiger charge is -2.28. The van der Waals surface area contributed by atoms with E-state index in [1.165, 1.54) is 17.7 Å². The number of aliphatic carboxylic acids is 1. The van der Waals surface area contributed by atoms with Crippen molar-refractivity contribution in [1.82, 2.24) is 14.7 Å². The molecule has 6 nitrogen and oxygen atoms in total. The van der Waals surface area contributed by atoms with Gasteiger partial charge in [0.05, 0.1) is 0 Å².